The van der Waals surface area contributed by atoms with Crippen LogP contribution in [0.2, 0.25) is 5.02 Å². The van der Waals surface area contributed by atoms with Gasteiger partial charge >= 0.3 is 0 Å². The second kappa shape index (κ2) is 12.1. The molecule has 3 aliphatic rings. The van der Waals surface area contributed by atoms with Crippen LogP contribution in [0, 0.1) is 5.92 Å². The van der Waals surface area contributed by atoms with Crippen LogP contribution < -0.4 is 15.4 Å². The van der Waals surface area contributed by atoms with Gasteiger partial charge in [0, 0.05) is 55.3 Å². The quantitative estimate of drug-likeness (QED) is 0.272. The van der Waals surface area contributed by atoms with Crippen molar-refractivity contribution in [3.8, 4) is 16.9 Å². The third kappa shape index (κ3) is 6.02. The highest BCUT2D eigenvalue weighted by molar-refractivity contribution is 6.30. The summed E-state index contributed by atoms with van der Waals surface area (Å²) in [4.78, 5) is 43.2. The van der Waals surface area contributed by atoms with Crippen LogP contribution in [0.4, 0.5) is 14.5 Å². The van der Waals surface area contributed by atoms with Gasteiger partial charge in [0.1, 0.15) is 11.6 Å². The van der Waals surface area contributed by atoms with E-state index in [9.17, 15) is 18.4 Å². The molecule has 11 nitrogen and oxygen atoms in total. The molecule has 2 amide bonds. The molecule has 5 heterocycles. The smallest absolute Gasteiger partial charge is 0.265 e. The molecule has 0 unspecified atom stereocenters. The van der Waals surface area contributed by atoms with E-state index in [1.54, 1.807) is 17.2 Å². The van der Waals surface area contributed by atoms with Crippen LogP contribution in [-0.2, 0) is 17.8 Å². The van der Waals surface area contributed by atoms with Gasteiger partial charge in [0.15, 0.2) is 12.3 Å². The van der Waals surface area contributed by atoms with Crippen LogP contribution in [0.25, 0.3) is 22.2 Å². The standard InChI is InChI=1S/C33H35ClF2N8O3/c1-18(2)9-24-30(31(37)46)29(19-3-4-25-26(10-19)47-17-28(45)43(25)16-27-38-13-20(34)14-39-27)23-15-40-44(32(23)41-24)21-5-7-42(8-6-21)22-11-33(35,36)12-22/h3-4,10,13-15,18,21-22H,5-9,11-12,16-17H2,1-2H3,(H2,37,46). The number of hydrogen-bond donors (Lipinski definition) is 1. The fourth-order valence-corrected chi connectivity index (χ4v) is 7.05. The Morgan fingerprint density at radius 2 is 1.85 bits per heavy atom. The van der Waals surface area contributed by atoms with Crippen molar-refractivity contribution in [3.05, 3.63) is 58.9 Å². The Morgan fingerprint density at radius 3 is 2.51 bits per heavy atom. The zero-order chi connectivity index (χ0) is 33.0. The second-order valence-electron chi connectivity index (χ2n) is 13.1. The minimum atomic E-state index is -2.55. The number of benzene rings is 1. The van der Waals surface area contributed by atoms with Gasteiger partial charge < -0.3 is 10.5 Å². The van der Waals surface area contributed by atoms with Crippen molar-refractivity contribution >= 4 is 40.1 Å². The molecular weight excluding hydrogens is 630 g/mol. The molecule has 0 atom stereocenters. The lowest BCUT2D eigenvalue weighted by Crippen LogP contribution is -2.53. The number of carbonyl (C=O) groups excluding carboxylic acids is 2. The monoisotopic (exact) mass is 664 g/mol. The van der Waals surface area contributed by atoms with Crippen LogP contribution in [0.15, 0.2) is 36.8 Å². The van der Waals surface area contributed by atoms with Crippen molar-refractivity contribution in [1.29, 1.82) is 0 Å². The van der Waals surface area contributed by atoms with Gasteiger partial charge in [-0.15, -0.1) is 0 Å². The first-order chi connectivity index (χ1) is 22.5. The largest absolute Gasteiger partial charge is 0.482 e. The van der Waals surface area contributed by atoms with Crippen molar-refractivity contribution in [2.24, 2.45) is 11.7 Å². The third-order valence-corrected chi connectivity index (χ3v) is 9.46. The van der Waals surface area contributed by atoms with Gasteiger partial charge in [-0.1, -0.05) is 31.5 Å². The number of likely N-dealkylation sites (tertiary alicyclic amines) is 1. The van der Waals surface area contributed by atoms with Gasteiger partial charge in [0.25, 0.3) is 17.7 Å². The number of carbonyl (C=O) groups is 2. The van der Waals surface area contributed by atoms with Gasteiger partial charge in [-0.25, -0.2) is 28.4 Å². The summed E-state index contributed by atoms with van der Waals surface area (Å²) < 4.78 is 34.9. The molecule has 1 aliphatic carbocycles. The zero-order valence-corrected chi connectivity index (χ0v) is 26.9. The minimum Gasteiger partial charge on any atom is -0.482 e. The first-order valence-electron chi connectivity index (χ1n) is 15.8. The summed E-state index contributed by atoms with van der Waals surface area (Å²) in [6.45, 7) is 5.47. The molecule has 2 N–H and O–H groups in total. The average Bonchev–Trinajstić information content (AvgIpc) is 3.44. The Labute approximate surface area is 275 Å². The van der Waals surface area contributed by atoms with Crippen LogP contribution in [0.5, 0.6) is 5.75 Å². The van der Waals surface area contributed by atoms with Gasteiger partial charge in [-0.3, -0.25) is 19.4 Å². The number of ether oxygens (including phenoxy) is 1. The summed E-state index contributed by atoms with van der Waals surface area (Å²) in [7, 11) is 0. The van der Waals surface area contributed by atoms with Crippen molar-refractivity contribution in [1.82, 2.24) is 29.6 Å². The van der Waals surface area contributed by atoms with E-state index in [-0.39, 0.29) is 49.9 Å². The number of nitrogens with zero attached hydrogens (tertiary/aromatic N) is 7. The zero-order valence-electron chi connectivity index (χ0n) is 26.1. The van der Waals surface area contributed by atoms with Crippen molar-refractivity contribution in [2.75, 3.05) is 24.6 Å². The topological polar surface area (TPSA) is 132 Å². The molecule has 47 heavy (non-hydrogen) atoms. The molecule has 1 saturated carbocycles. The van der Waals surface area contributed by atoms with E-state index in [1.807, 2.05) is 16.8 Å². The molecule has 246 valence electrons. The van der Waals surface area contributed by atoms with Crippen molar-refractivity contribution < 1.29 is 23.1 Å². The van der Waals surface area contributed by atoms with Gasteiger partial charge in [-0.2, -0.15) is 5.10 Å². The van der Waals surface area contributed by atoms with Crippen molar-refractivity contribution in [2.45, 2.75) is 70.5 Å². The number of alkyl halides is 2. The third-order valence-electron chi connectivity index (χ3n) is 9.26. The average molecular weight is 665 g/mol. The SMILES string of the molecule is CC(C)Cc1nc2c(cnn2C2CCN(C3CC(F)(F)C3)CC2)c(-c2ccc3c(c2)OCC(=O)N3Cc2ncc(Cl)cn2)c1C(N)=O. The fourth-order valence-electron chi connectivity index (χ4n) is 6.95. The maximum atomic E-state index is 13.5. The van der Waals surface area contributed by atoms with E-state index in [0.29, 0.717) is 75.2 Å². The molecule has 7 rings (SSSR count). The maximum absolute atomic E-state index is 13.5. The second-order valence-corrected chi connectivity index (χ2v) is 13.5. The van der Waals surface area contributed by atoms with Gasteiger partial charge in [0.05, 0.1) is 40.8 Å². The summed E-state index contributed by atoms with van der Waals surface area (Å²) in [5.74, 6) is -2.32. The molecule has 2 fully saturated rings. The lowest BCUT2D eigenvalue weighted by Gasteiger charge is -2.45. The normalized spacial score (nSPS) is 18.8. The maximum Gasteiger partial charge on any atom is 0.265 e. The Kier molecular flexibility index (Phi) is 8.07. The van der Waals surface area contributed by atoms with E-state index in [4.69, 9.17) is 32.2 Å². The van der Waals surface area contributed by atoms with Crippen LogP contribution in [-0.4, -0.2) is 73.1 Å². The molecule has 4 aromatic rings. The van der Waals surface area contributed by atoms with E-state index < -0.39 is 11.8 Å². The summed E-state index contributed by atoms with van der Waals surface area (Å²) in [6.07, 6.45) is 6.54. The first-order valence-corrected chi connectivity index (χ1v) is 16.2. The highest BCUT2D eigenvalue weighted by atomic mass is 35.5. The van der Waals surface area contributed by atoms with Crippen LogP contribution in [0.3, 0.4) is 0 Å². The Morgan fingerprint density at radius 1 is 1.13 bits per heavy atom. The Bertz CT molecular complexity index is 1850. The molecule has 1 aromatic carbocycles. The number of fused-ring (bicyclic) bond motifs is 2. The molecule has 0 radical (unpaired) electrons. The summed E-state index contributed by atoms with van der Waals surface area (Å²) in [5.41, 5.74) is 9.43. The highest BCUT2D eigenvalue weighted by Gasteiger charge is 2.48. The number of aromatic nitrogens is 5. The molecule has 3 aromatic heterocycles. The predicted octanol–water partition coefficient (Wildman–Crippen LogP) is 5.20. The summed E-state index contributed by atoms with van der Waals surface area (Å²) >= 11 is 5.94. The Hall–Kier alpha value is -4.23. The first kappa shape index (κ1) is 31.4. The number of pyridine rings is 1. The number of nitrogens with two attached hydrogens (primary N) is 1. The van der Waals surface area contributed by atoms with Crippen LogP contribution >= 0.6 is 11.6 Å². The molecule has 2 aliphatic heterocycles. The summed E-state index contributed by atoms with van der Waals surface area (Å²) in [5, 5.41) is 5.84. The van der Waals surface area contributed by atoms with E-state index in [2.05, 4.69) is 28.7 Å². The molecule has 1 saturated heterocycles. The summed E-state index contributed by atoms with van der Waals surface area (Å²) in [6, 6.07) is 5.37. The number of rotatable bonds is 8. The van der Waals surface area contributed by atoms with Gasteiger partial charge in [0.2, 0.25) is 0 Å². The number of primary amides is 1. The number of piperidine rings is 1. The molecule has 0 bridgehead atoms. The van der Waals surface area contributed by atoms with Gasteiger partial charge in [-0.05, 0) is 42.9 Å². The molecular formula is C33H35ClF2N8O3. The number of anilines is 1. The van der Waals surface area contributed by atoms with Crippen LogP contribution in [0.1, 0.15) is 67.4 Å². The van der Waals surface area contributed by atoms with Crippen molar-refractivity contribution in [3.63, 3.8) is 0 Å². The fraction of sp³-hybridized carbons (Fsp3) is 0.455. The number of hydrogen-bond acceptors (Lipinski definition) is 8. The number of halogens is 3. The van der Waals surface area contributed by atoms with E-state index in [0.717, 1.165) is 12.8 Å². The molecule has 14 heteroatoms. The Balaban J connectivity index is 1.27. The predicted molar refractivity (Wildman–Crippen MR) is 172 cm³/mol. The van der Waals surface area contributed by atoms with E-state index in [1.165, 1.54) is 12.4 Å². The molecule has 0 spiro atoms. The lowest BCUT2D eigenvalue weighted by atomic mass is 9.85. The van der Waals surface area contributed by atoms with E-state index >= 15 is 0 Å². The number of amides is 2. The lowest BCUT2D eigenvalue weighted by molar-refractivity contribution is -0.128. The highest BCUT2D eigenvalue weighted by Crippen LogP contribution is 2.43. The minimum absolute atomic E-state index is 0.0255.